The molecule has 0 spiro atoms. The topological polar surface area (TPSA) is 49.5 Å². The fourth-order valence-corrected chi connectivity index (χ4v) is 3.51. The number of hydrogen-bond acceptors (Lipinski definition) is 3. The van der Waals surface area contributed by atoms with Gasteiger partial charge in [0.25, 0.3) is 0 Å². The van der Waals surface area contributed by atoms with Crippen molar-refractivity contribution in [2.24, 2.45) is 0 Å². The average molecular weight is 232 g/mol. The molecule has 17 heavy (non-hydrogen) atoms. The number of nitrogens with zero attached hydrogens (tertiary/aromatic N) is 1. The molecule has 2 fully saturated rings. The lowest BCUT2D eigenvalue weighted by Crippen LogP contribution is -2.45. The molecule has 92 valence electrons. The predicted octanol–water partition coefficient (Wildman–Crippen LogP) is 2.07. The van der Waals surface area contributed by atoms with E-state index in [-0.39, 0.29) is 6.10 Å². The third-order valence-corrected chi connectivity index (χ3v) is 4.21. The molecule has 2 aliphatic rings. The molecule has 2 unspecified atom stereocenters. The van der Waals surface area contributed by atoms with Crippen molar-refractivity contribution in [1.82, 2.24) is 0 Å². The van der Waals surface area contributed by atoms with E-state index in [0.29, 0.717) is 12.1 Å². The maximum Gasteiger partial charge on any atom is 0.0579 e. The summed E-state index contributed by atoms with van der Waals surface area (Å²) in [6.45, 7) is 2.12. The Kier molecular flexibility index (Phi) is 2.51. The minimum absolute atomic E-state index is 0.0992. The molecule has 3 nitrogen and oxygen atoms in total. The van der Waals surface area contributed by atoms with Gasteiger partial charge in [0, 0.05) is 23.5 Å². The zero-order valence-electron chi connectivity index (χ0n) is 10.3. The van der Waals surface area contributed by atoms with Gasteiger partial charge in [-0.15, -0.1) is 0 Å². The maximum absolute atomic E-state index is 9.82. The van der Waals surface area contributed by atoms with Crippen molar-refractivity contribution in [1.29, 1.82) is 0 Å². The molecule has 2 saturated heterocycles. The number of piperidine rings is 1. The van der Waals surface area contributed by atoms with E-state index in [9.17, 15) is 5.11 Å². The normalized spacial score (nSPS) is 31.9. The summed E-state index contributed by atoms with van der Waals surface area (Å²) in [4.78, 5) is 2.52. The van der Waals surface area contributed by atoms with Gasteiger partial charge in [0.1, 0.15) is 0 Å². The smallest absolute Gasteiger partial charge is 0.0579 e. The van der Waals surface area contributed by atoms with Crippen molar-refractivity contribution in [3.05, 3.63) is 23.8 Å². The van der Waals surface area contributed by atoms with Crippen LogP contribution in [0.5, 0.6) is 0 Å². The van der Waals surface area contributed by atoms with Crippen LogP contribution in [0.3, 0.4) is 0 Å². The first-order chi connectivity index (χ1) is 8.15. The number of benzene rings is 1. The Morgan fingerprint density at radius 2 is 1.88 bits per heavy atom. The summed E-state index contributed by atoms with van der Waals surface area (Å²) >= 11 is 0. The number of nitrogen functional groups attached to an aromatic ring is 1. The summed E-state index contributed by atoms with van der Waals surface area (Å²) < 4.78 is 0. The van der Waals surface area contributed by atoms with Crippen LogP contribution < -0.4 is 10.6 Å². The second-order valence-corrected chi connectivity index (χ2v) is 5.46. The Morgan fingerprint density at radius 3 is 2.47 bits per heavy atom. The lowest BCUT2D eigenvalue weighted by Gasteiger charge is -2.39. The molecule has 0 saturated carbocycles. The van der Waals surface area contributed by atoms with Crippen molar-refractivity contribution < 1.29 is 5.11 Å². The molecule has 3 rings (SSSR count). The minimum Gasteiger partial charge on any atom is -0.399 e. The van der Waals surface area contributed by atoms with Gasteiger partial charge in [-0.3, -0.25) is 0 Å². The average Bonchev–Trinajstić information content (AvgIpc) is 2.53. The Labute approximate surface area is 102 Å². The summed E-state index contributed by atoms with van der Waals surface area (Å²) in [7, 11) is 0. The van der Waals surface area contributed by atoms with Crippen LogP contribution >= 0.6 is 0 Å². The minimum atomic E-state index is -0.0992. The molecule has 2 aliphatic heterocycles. The van der Waals surface area contributed by atoms with E-state index in [1.165, 1.54) is 24.1 Å². The van der Waals surface area contributed by atoms with Gasteiger partial charge in [-0.1, -0.05) is 0 Å². The van der Waals surface area contributed by atoms with Crippen LogP contribution in [0.25, 0.3) is 0 Å². The summed E-state index contributed by atoms with van der Waals surface area (Å²) in [6, 6.07) is 7.19. The highest BCUT2D eigenvalue weighted by molar-refractivity contribution is 5.61. The van der Waals surface area contributed by atoms with Crippen LogP contribution in [0.15, 0.2) is 18.2 Å². The Morgan fingerprint density at radius 1 is 1.24 bits per heavy atom. The molecule has 0 aliphatic carbocycles. The number of aliphatic hydroxyl groups excluding tert-OH is 1. The highest BCUT2D eigenvalue weighted by atomic mass is 16.3. The lowest BCUT2D eigenvalue weighted by molar-refractivity contribution is 0.126. The van der Waals surface area contributed by atoms with Gasteiger partial charge in [-0.25, -0.2) is 0 Å². The second-order valence-electron chi connectivity index (χ2n) is 5.46. The van der Waals surface area contributed by atoms with Gasteiger partial charge in [-0.05, 0) is 56.4 Å². The molecule has 3 N–H and O–H groups in total. The summed E-state index contributed by atoms with van der Waals surface area (Å²) in [5.41, 5.74) is 9.19. The van der Waals surface area contributed by atoms with Crippen molar-refractivity contribution >= 4 is 11.4 Å². The second kappa shape index (κ2) is 3.91. The first kappa shape index (κ1) is 10.9. The van der Waals surface area contributed by atoms with E-state index in [4.69, 9.17) is 5.73 Å². The third kappa shape index (κ3) is 1.78. The van der Waals surface area contributed by atoms with E-state index in [0.717, 1.165) is 18.5 Å². The van der Waals surface area contributed by atoms with Crippen LogP contribution in [-0.2, 0) is 0 Å². The Bertz CT molecular complexity index is 418. The summed E-state index contributed by atoms with van der Waals surface area (Å²) in [5, 5.41) is 9.82. The highest BCUT2D eigenvalue weighted by Crippen LogP contribution is 2.40. The molecule has 2 atom stereocenters. The first-order valence-electron chi connectivity index (χ1n) is 6.47. The van der Waals surface area contributed by atoms with Crippen molar-refractivity contribution in [2.75, 3.05) is 10.6 Å². The van der Waals surface area contributed by atoms with Gasteiger partial charge in [0.15, 0.2) is 0 Å². The van der Waals surface area contributed by atoms with Crippen molar-refractivity contribution in [3.8, 4) is 0 Å². The number of fused-ring (bicyclic) bond motifs is 2. The molecule has 2 bridgehead atoms. The van der Waals surface area contributed by atoms with E-state index in [2.05, 4.69) is 17.9 Å². The molecular formula is C14H20N2O. The number of nitrogens with two attached hydrogens (primary N) is 1. The lowest BCUT2D eigenvalue weighted by atomic mass is 9.98. The maximum atomic E-state index is 9.82. The van der Waals surface area contributed by atoms with E-state index < -0.39 is 0 Å². The number of aliphatic hydroxyl groups is 1. The quantitative estimate of drug-likeness (QED) is 0.729. The number of hydrogen-bond donors (Lipinski definition) is 2. The zero-order valence-corrected chi connectivity index (χ0v) is 10.3. The summed E-state index contributed by atoms with van der Waals surface area (Å²) in [5.74, 6) is 0. The summed E-state index contributed by atoms with van der Waals surface area (Å²) in [6.07, 6.45) is 4.16. The van der Waals surface area contributed by atoms with E-state index >= 15 is 0 Å². The molecule has 0 amide bonds. The third-order valence-electron chi connectivity index (χ3n) is 4.21. The van der Waals surface area contributed by atoms with E-state index in [1.54, 1.807) is 0 Å². The number of anilines is 2. The number of rotatable bonds is 1. The molecular weight excluding hydrogens is 212 g/mol. The van der Waals surface area contributed by atoms with Gasteiger partial charge >= 0.3 is 0 Å². The standard InChI is InChI=1S/C14H20N2O/c1-9-6-10(15)2-5-14(9)16-11-3-4-12(16)8-13(17)7-11/h2,5-6,11-13,17H,3-4,7-8,15H2,1H3. The van der Waals surface area contributed by atoms with Gasteiger partial charge in [0.05, 0.1) is 6.10 Å². The monoisotopic (exact) mass is 232 g/mol. The number of aryl methyl sites for hydroxylation is 1. The van der Waals surface area contributed by atoms with Crippen molar-refractivity contribution in [2.45, 2.75) is 50.8 Å². The molecule has 3 heteroatoms. The van der Waals surface area contributed by atoms with Crippen LogP contribution in [-0.4, -0.2) is 23.3 Å². The van der Waals surface area contributed by atoms with Crippen LogP contribution in [0.4, 0.5) is 11.4 Å². The zero-order chi connectivity index (χ0) is 12.0. The highest BCUT2D eigenvalue weighted by Gasteiger charge is 2.40. The SMILES string of the molecule is Cc1cc(N)ccc1N1C2CCC1CC(O)C2. The van der Waals surface area contributed by atoms with Gasteiger partial charge in [-0.2, -0.15) is 0 Å². The van der Waals surface area contributed by atoms with E-state index in [1.807, 2.05) is 12.1 Å². The molecule has 2 heterocycles. The fourth-order valence-electron chi connectivity index (χ4n) is 3.51. The van der Waals surface area contributed by atoms with Crippen molar-refractivity contribution in [3.63, 3.8) is 0 Å². The largest absolute Gasteiger partial charge is 0.399 e. The molecule has 0 radical (unpaired) electrons. The van der Waals surface area contributed by atoms with Gasteiger partial charge < -0.3 is 15.7 Å². The Hall–Kier alpha value is -1.22. The van der Waals surface area contributed by atoms with Crippen LogP contribution in [0.1, 0.15) is 31.2 Å². The predicted molar refractivity (Wildman–Crippen MR) is 70.1 cm³/mol. The van der Waals surface area contributed by atoms with Gasteiger partial charge in [0.2, 0.25) is 0 Å². The van der Waals surface area contributed by atoms with Crippen LogP contribution in [0.2, 0.25) is 0 Å². The Balaban J connectivity index is 1.94. The fraction of sp³-hybridized carbons (Fsp3) is 0.571. The molecule has 0 aromatic heterocycles. The molecule has 1 aromatic carbocycles. The van der Waals surface area contributed by atoms with Crippen LogP contribution in [0, 0.1) is 6.92 Å². The molecule has 1 aromatic rings. The first-order valence-corrected chi connectivity index (χ1v) is 6.47.